The second-order valence-electron chi connectivity index (χ2n) is 8.24. The van der Waals surface area contributed by atoms with Gasteiger partial charge in [-0.25, -0.2) is 4.98 Å². The minimum absolute atomic E-state index is 0.351. The van der Waals surface area contributed by atoms with Gasteiger partial charge in [0.25, 0.3) is 0 Å². The molecule has 1 fully saturated rings. The van der Waals surface area contributed by atoms with E-state index in [1.807, 2.05) is 0 Å². The molecule has 2 aromatic heterocycles. The summed E-state index contributed by atoms with van der Waals surface area (Å²) in [6, 6.07) is 7.55. The molecule has 0 saturated heterocycles. The minimum Gasteiger partial charge on any atom is -0.356 e. The lowest BCUT2D eigenvalue weighted by Crippen LogP contribution is -2.34. The summed E-state index contributed by atoms with van der Waals surface area (Å²) >= 11 is 7.99. The molecule has 5 heteroatoms. The normalized spacial score (nSPS) is 17.6. The molecular formula is C23H26ClN3S. The molecule has 0 bridgehead atoms. The van der Waals surface area contributed by atoms with Gasteiger partial charge in [0, 0.05) is 24.0 Å². The number of rotatable bonds is 3. The molecule has 0 unspecified atom stereocenters. The molecule has 3 nitrogen and oxygen atoms in total. The van der Waals surface area contributed by atoms with Gasteiger partial charge >= 0.3 is 0 Å². The number of hydrogen-bond acceptors (Lipinski definition) is 4. The Morgan fingerprint density at radius 2 is 1.79 bits per heavy atom. The van der Waals surface area contributed by atoms with Crippen molar-refractivity contribution < 1.29 is 0 Å². The van der Waals surface area contributed by atoms with Crippen molar-refractivity contribution in [1.29, 1.82) is 0 Å². The van der Waals surface area contributed by atoms with Gasteiger partial charge in [-0.05, 0) is 66.8 Å². The van der Waals surface area contributed by atoms with Crippen LogP contribution in [-0.4, -0.2) is 23.1 Å². The molecule has 3 aromatic rings. The molecule has 1 aromatic carbocycles. The van der Waals surface area contributed by atoms with Gasteiger partial charge in [-0.2, -0.15) is 4.98 Å². The fraction of sp³-hybridized carbons (Fsp3) is 0.478. The van der Waals surface area contributed by atoms with Crippen LogP contribution in [0.1, 0.15) is 56.1 Å². The Labute approximate surface area is 175 Å². The lowest BCUT2D eigenvalue weighted by Gasteiger charge is -2.32. The summed E-state index contributed by atoms with van der Waals surface area (Å²) in [4.78, 5) is 12.6. The number of benzene rings is 1. The third-order valence-electron chi connectivity index (χ3n) is 6.50. The standard InChI is InChI=1S/C23H26ClN3S/c1-27(18-9-3-2-4-10-18)21-20-19(14-28-22(20)26-23(24)25-21)17-12-11-15-7-5-6-8-16(15)13-17/h11-14,18H,2-10H2,1H3. The van der Waals surface area contributed by atoms with Gasteiger partial charge in [-0.15, -0.1) is 11.3 Å². The molecule has 2 aliphatic carbocycles. The number of hydrogen-bond donors (Lipinski definition) is 0. The van der Waals surface area contributed by atoms with Crippen LogP contribution < -0.4 is 4.90 Å². The average molecular weight is 412 g/mol. The lowest BCUT2D eigenvalue weighted by atomic mass is 9.89. The molecule has 0 aliphatic heterocycles. The molecule has 5 rings (SSSR count). The second kappa shape index (κ2) is 7.64. The van der Waals surface area contributed by atoms with Crippen LogP contribution in [0, 0.1) is 0 Å². The fourth-order valence-electron chi connectivity index (χ4n) is 4.91. The van der Waals surface area contributed by atoms with Crippen molar-refractivity contribution in [2.24, 2.45) is 0 Å². The third-order valence-corrected chi connectivity index (χ3v) is 7.54. The summed E-state index contributed by atoms with van der Waals surface area (Å²) in [7, 11) is 2.18. The smallest absolute Gasteiger partial charge is 0.225 e. The van der Waals surface area contributed by atoms with Crippen molar-refractivity contribution in [3.05, 3.63) is 40.0 Å². The van der Waals surface area contributed by atoms with Crippen LogP contribution >= 0.6 is 22.9 Å². The highest BCUT2D eigenvalue weighted by molar-refractivity contribution is 7.17. The maximum absolute atomic E-state index is 6.31. The van der Waals surface area contributed by atoms with E-state index in [0.717, 1.165) is 10.6 Å². The van der Waals surface area contributed by atoms with Gasteiger partial charge in [0.1, 0.15) is 10.6 Å². The number of nitrogens with zero attached hydrogens (tertiary/aromatic N) is 3. The molecule has 0 N–H and O–H groups in total. The quantitative estimate of drug-likeness (QED) is 0.451. The largest absolute Gasteiger partial charge is 0.356 e. The first kappa shape index (κ1) is 18.4. The summed E-state index contributed by atoms with van der Waals surface area (Å²) in [5, 5.41) is 3.75. The zero-order valence-electron chi connectivity index (χ0n) is 16.4. The monoisotopic (exact) mass is 411 g/mol. The predicted octanol–water partition coefficient (Wildman–Crippen LogP) is 6.66. The molecule has 0 radical (unpaired) electrons. The maximum atomic E-state index is 6.31. The molecule has 0 spiro atoms. The van der Waals surface area contributed by atoms with Crippen molar-refractivity contribution in [2.75, 3.05) is 11.9 Å². The first-order valence-corrected chi connectivity index (χ1v) is 11.8. The first-order chi connectivity index (χ1) is 13.7. The highest BCUT2D eigenvalue weighted by atomic mass is 35.5. The van der Waals surface area contributed by atoms with E-state index < -0.39 is 0 Å². The van der Waals surface area contributed by atoms with E-state index in [1.54, 1.807) is 11.3 Å². The number of fused-ring (bicyclic) bond motifs is 2. The molecule has 2 heterocycles. The first-order valence-electron chi connectivity index (χ1n) is 10.5. The van der Waals surface area contributed by atoms with E-state index in [0.29, 0.717) is 11.3 Å². The second-order valence-corrected chi connectivity index (χ2v) is 9.44. The molecule has 146 valence electrons. The van der Waals surface area contributed by atoms with Crippen molar-refractivity contribution in [3.8, 4) is 11.1 Å². The van der Waals surface area contributed by atoms with E-state index >= 15 is 0 Å². The number of halogens is 1. The summed E-state index contributed by atoms with van der Waals surface area (Å²) in [5.41, 5.74) is 5.58. The molecule has 0 atom stereocenters. The number of anilines is 1. The van der Waals surface area contributed by atoms with Crippen molar-refractivity contribution in [1.82, 2.24) is 9.97 Å². The topological polar surface area (TPSA) is 29.0 Å². The van der Waals surface area contributed by atoms with E-state index in [-0.39, 0.29) is 0 Å². The van der Waals surface area contributed by atoms with E-state index in [2.05, 4.69) is 40.5 Å². The van der Waals surface area contributed by atoms with Crippen LogP contribution in [0.5, 0.6) is 0 Å². The molecule has 0 amide bonds. The Hall–Kier alpha value is -1.65. The highest BCUT2D eigenvalue weighted by Crippen LogP contribution is 2.41. The van der Waals surface area contributed by atoms with Crippen molar-refractivity contribution in [3.63, 3.8) is 0 Å². The summed E-state index contributed by atoms with van der Waals surface area (Å²) in [5.74, 6) is 0.996. The zero-order valence-corrected chi connectivity index (χ0v) is 18.0. The molecular weight excluding hydrogens is 386 g/mol. The number of thiophene rings is 1. The van der Waals surface area contributed by atoms with Crippen LogP contribution in [0.3, 0.4) is 0 Å². The summed E-state index contributed by atoms with van der Waals surface area (Å²) in [6.45, 7) is 0. The average Bonchev–Trinajstić information content (AvgIpc) is 3.16. The van der Waals surface area contributed by atoms with Crippen LogP contribution in [0.4, 0.5) is 5.82 Å². The van der Waals surface area contributed by atoms with E-state index in [9.17, 15) is 0 Å². The van der Waals surface area contributed by atoms with Gasteiger partial charge in [0.15, 0.2) is 0 Å². The van der Waals surface area contributed by atoms with Crippen LogP contribution in [0.15, 0.2) is 23.6 Å². The summed E-state index contributed by atoms with van der Waals surface area (Å²) in [6.07, 6.45) is 11.5. The van der Waals surface area contributed by atoms with Crippen molar-refractivity contribution >= 4 is 39.0 Å². The van der Waals surface area contributed by atoms with Crippen molar-refractivity contribution in [2.45, 2.75) is 63.8 Å². The number of aryl methyl sites for hydroxylation is 2. The summed E-state index contributed by atoms with van der Waals surface area (Å²) < 4.78 is 0. The van der Waals surface area contributed by atoms with E-state index in [1.165, 1.54) is 85.4 Å². The molecule has 28 heavy (non-hydrogen) atoms. The van der Waals surface area contributed by atoms with Gasteiger partial charge in [0.05, 0.1) is 5.39 Å². The van der Waals surface area contributed by atoms with Crippen LogP contribution in [0.25, 0.3) is 21.3 Å². The Bertz CT molecular complexity index is 1010. The molecule has 2 aliphatic rings. The van der Waals surface area contributed by atoms with E-state index in [4.69, 9.17) is 16.6 Å². The Balaban J connectivity index is 1.62. The maximum Gasteiger partial charge on any atom is 0.225 e. The van der Waals surface area contributed by atoms with Gasteiger partial charge < -0.3 is 4.90 Å². The zero-order chi connectivity index (χ0) is 19.1. The Kier molecular flexibility index (Phi) is 5.02. The third kappa shape index (κ3) is 3.31. The molecule has 1 saturated carbocycles. The predicted molar refractivity (Wildman–Crippen MR) is 120 cm³/mol. The minimum atomic E-state index is 0.351. The number of aromatic nitrogens is 2. The Morgan fingerprint density at radius 3 is 2.61 bits per heavy atom. The van der Waals surface area contributed by atoms with Crippen LogP contribution in [-0.2, 0) is 12.8 Å². The van der Waals surface area contributed by atoms with Gasteiger partial charge in [-0.1, -0.05) is 37.5 Å². The fourth-order valence-corrected chi connectivity index (χ4v) is 6.06. The lowest BCUT2D eigenvalue weighted by molar-refractivity contribution is 0.426. The highest BCUT2D eigenvalue weighted by Gasteiger charge is 2.24. The van der Waals surface area contributed by atoms with Gasteiger partial charge in [0.2, 0.25) is 5.28 Å². The Morgan fingerprint density at radius 1 is 1.00 bits per heavy atom. The van der Waals surface area contributed by atoms with Gasteiger partial charge in [-0.3, -0.25) is 0 Å². The SMILES string of the molecule is CN(c1nc(Cl)nc2scc(-c3ccc4c(c3)CCCC4)c12)C1CCCCC1. The van der Waals surface area contributed by atoms with Crippen LogP contribution in [0.2, 0.25) is 5.28 Å².